The molecule has 3 aliphatic carbocycles. The highest BCUT2D eigenvalue weighted by Crippen LogP contribution is 2.89. The molecule has 1 unspecified atom stereocenters. The van der Waals surface area contributed by atoms with Crippen LogP contribution in [0.3, 0.4) is 0 Å². The molecule has 3 nitrogen and oxygen atoms in total. The van der Waals surface area contributed by atoms with Crippen molar-refractivity contribution in [2.45, 2.75) is 64.2 Å². The average molecular weight is 342 g/mol. The first-order valence-electron chi connectivity index (χ1n) is 9.63. The number of hydrogen-bond acceptors (Lipinski definition) is 3. The van der Waals surface area contributed by atoms with E-state index in [1.54, 1.807) is 0 Å². The second kappa shape index (κ2) is 5.03. The SMILES string of the molecule is CCCCC(C)(C)c1cc(O)c([C@]23C=C(CO)C4C[C@@H]2[C@@]43C)c(O)c1. The van der Waals surface area contributed by atoms with Gasteiger partial charge in [0.15, 0.2) is 0 Å². The minimum absolute atomic E-state index is 0.0687. The lowest BCUT2D eigenvalue weighted by Crippen LogP contribution is -2.27. The number of aliphatic hydroxyl groups excluding tert-OH is 1. The van der Waals surface area contributed by atoms with Crippen LogP contribution >= 0.6 is 0 Å². The van der Waals surface area contributed by atoms with Gasteiger partial charge in [0.05, 0.1) is 6.61 Å². The molecule has 0 amide bonds. The normalized spacial score (nSPS) is 35.2. The van der Waals surface area contributed by atoms with E-state index in [1.165, 1.54) is 0 Å². The van der Waals surface area contributed by atoms with Gasteiger partial charge in [-0.15, -0.1) is 0 Å². The van der Waals surface area contributed by atoms with Gasteiger partial charge >= 0.3 is 0 Å². The van der Waals surface area contributed by atoms with Crippen LogP contribution in [0, 0.1) is 17.3 Å². The van der Waals surface area contributed by atoms with Crippen LogP contribution in [0.4, 0.5) is 0 Å². The molecule has 0 bridgehead atoms. The monoisotopic (exact) mass is 342 g/mol. The van der Waals surface area contributed by atoms with Crippen LogP contribution in [0.25, 0.3) is 0 Å². The zero-order valence-electron chi connectivity index (χ0n) is 15.8. The number of hydrogen-bond donors (Lipinski definition) is 3. The largest absolute Gasteiger partial charge is 0.507 e. The van der Waals surface area contributed by atoms with Crippen molar-refractivity contribution in [1.29, 1.82) is 0 Å². The molecule has 4 atom stereocenters. The van der Waals surface area contributed by atoms with Gasteiger partial charge < -0.3 is 15.3 Å². The molecular formula is C22H30O3. The van der Waals surface area contributed by atoms with E-state index in [2.05, 4.69) is 33.8 Å². The highest BCUT2D eigenvalue weighted by molar-refractivity contribution is 5.66. The number of phenols is 2. The first kappa shape index (κ1) is 17.0. The molecule has 0 spiro atoms. The van der Waals surface area contributed by atoms with Gasteiger partial charge in [-0.3, -0.25) is 0 Å². The van der Waals surface area contributed by atoms with E-state index >= 15 is 0 Å². The molecule has 0 aromatic heterocycles. The van der Waals surface area contributed by atoms with Crippen LogP contribution in [-0.4, -0.2) is 21.9 Å². The van der Waals surface area contributed by atoms with Crippen molar-refractivity contribution >= 4 is 0 Å². The van der Waals surface area contributed by atoms with Gasteiger partial charge in [-0.05, 0) is 58.8 Å². The Morgan fingerprint density at radius 1 is 1.20 bits per heavy atom. The molecule has 4 rings (SSSR count). The van der Waals surface area contributed by atoms with Crippen LogP contribution in [0.1, 0.15) is 64.5 Å². The molecule has 0 radical (unpaired) electrons. The quantitative estimate of drug-likeness (QED) is 0.672. The molecule has 25 heavy (non-hydrogen) atoms. The highest BCUT2D eigenvalue weighted by Gasteiger charge is 2.86. The lowest BCUT2D eigenvalue weighted by molar-refractivity contribution is 0.194. The van der Waals surface area contributed by atoms with Gasteiger partial charge in [-0.25, -0.2) is 0 Å². The van der Waals surface area contributed by atoms with Gasteiger partial charge in [0.2, 0.25) is 0 Å². The van der Waals surface area contributed by atoms with Gasteiger partial charge in [0.25, 0.3) is 0 Å². The van der Waals surface area contributed by atoms with Gasteiger partial charge in [0, 0.05) is 11.0 Å². The third-order valence-electron chi connectivity index (χ3n) is 7.77. The molecule has 0 heterocycles. The standard InChI is InChI=1S/C22H30O3/c1-5-6-7-20(2,3)14-8-16(24)19(17(25)9-14)22-11-13(12-23)15-10-18(22)21(15,22)4/h8-9,11,15,18,23-25H,5-7,10,12H2,1-4H3/t15?,18-,21-,22+/m1/s1. The van der Waals surface area contributed by atoms with Crippen LogP contribution in [0.15, 0.2) is 23.8 Å². The Balaban J connectivity index is 1.76. The maximum Gasteiger partial charge on any atom is 0.123 e. The van der Waals surface area contributed by atoms with E-state index in [9.17, 15) is 15.3 Å². The van der Waals surface area contributed by atoms with Crippen molar-refractivity contribution < 1.29 is 15.3 Å². The fourth-order valence-corrected chi connectivity index (χ4v) is 6.10. The molecule has 0 saturated heterocycles. The van der Waals surface area contributed by atoms with Crippen LogP contribution < -0.4 is 0 Å². The third-order valence-corrected chi connectivity index (χ3v) is 7.77. The maximum absolute atomic E-state index is 10.9. The number of fused-ring (bicyclic) bond motifs is 1. The van der Waals surface area contributed by atoms with E-state index in [0.717, 1.165) is 36.8 Å². The average Bonchev–Trinajstić information content (AvgIpc) is 2.86. The Kier molecular flexibility index (Phi) is 3.41. The lowest BCUT2D eigenvalue weighted by Gasteiger charge is -2.33. The van der Waals surface area contributed by atoms with Crippen molar-refractivity contribution in [3.63, 3.8) is 0 Å². The zero-order valence-corrected chi connectivity index (χ0v) is 15.8. The molecule has 3 aliphatic rings. The summed E-state index contributed by atoms with van der Waals surface area (Å²) in [4.78, 5) is 0. The summed E-state index contributed by atoms with van der Waals surface area (Å²) in [6.45, 7) is 8.85. The van der Waals surface area contributed by atoms with E-state index < -0.39 is 0 Å². The van der Waals surface area contributed by atoms with E-state index in [0.29, 0.717) is 17.4 Å². The van der Waals surface area contributed by atoms with Gasteiger partial charge in [-0.1, -0.05) is 46.6 Å². The van der Waals surface area contributed by atoms with Crippen LogP contribution in [0.5, 0.6) is 11.5 Å². The first-order chi connectivity index (χ1) is 11.7. The molecule has 2 saturated carbocycles. The molecule has 1 aromatic rings. The number of aliphatic hydroxyl groups is 1. The fraction of sp³-hybridized carbons (Fsp3) is 0.636. The van der Waals surface area contributed by atoms with Crippen molar-refractivity contribution in [3.8, 4) is 11.5 Å². The highest BCUT2D eigenvalue weighted by atomic mass is 16.3. The van der Waals surface area contributed by atoms with Crippen molar-refractivity contribution in [2.24, 2.45) is 17.3 Å². The minimum atomic E-state index is -0.282. The number of rotatable bonds is 6. The predicted octanol–water partition coefficient (Wildman–Crippen LogP) is 4.39. The lowest BCUT2D eigenvalue weighted by atomic mass is 9.71. The van der Waals surface area contributed by atoms with Crippen LogP contribution in [0.2, 0.25) is 0 Å². The van der Waals surface area contributed by atoms with Gasteiger partial charge in [0.1, 0.15) is 11.5 Å². The minimum Gasteiger partial charge on any atom is -0.507 e. The second-order valence-electron chi connectivity index (χ2n) is 9.25. The second-order valence-corrected chi connectivity index (χ2v) is 9.25. The van der Waals surface area contributed by atoms with Crippen LogP contribution in [-0.2, 0) is 10.8 Å². The molecule has 0 aliphatic heterocycles. The molecule has 3 heteroatoms. The predicted molar refractivity (Wildman–Crippen MR) is 98.9 cm³/mol. The topological polar surface area (TPSA) is 60.7 Å². The third kappa shape index (κ3) is 1.85. The summed E-state index contributed by atoms with van der Waals surface area (Å²) in [7, 11) is 0. The van der Waals surface area contributed by atoms with Crippen molar-refractivity contribution in [3.05, 3.63) is 34.9 Å². The fourth-order valence-electron chi connectivity index (χ4n) is 6.10. The molecule has 136 valence electrons. The summed E-state index contributed by atoms with van der Waals surface area (Å²) >= 11 is 0. The Bertz CT molecular complexity index is 740. The van der Waals surface area contributed by atoms with Crippen molar-refractivity contribution in [1.82, 2.24) is 0 Å². The van der Waals surface area contributed by atoms with Gasteiger partial charge in [-0.2, -0.15) is 0 Å². The number of unbranched alkanes of at least 4 members (excludes halogenated alkanes) is 1. The number of phenolic OH excluding ortho intramolecular Hbond substituents is 2. The Labute approximate surface area is 150 Å². The Hall–Kier alpha value is -1.48. The summed E-state index contributed by atoms with van der Waals surface area (Å²) < 4.78 is 0. The molecular weight excluding hydrogens is 312 g/mol. The van der Waals surface area contributed by atoms with E-state index in [-0.39, 0.29) is 34.4 Å². The summed E-state index contributed by atoms with van der Waals surface area (Å²) in [5, 5.41) is 31.4. The Morgan fingerprint density at radius 2 is 1.84 bits per heavy atom. The van der Waals surface area contributed by atoms with E-state index in [1.807, 2.05) is 12.1 Å². The summed E-state index contributed by atoms with van der Waals surface area (Å²) in [5.41, 5.74) is 2.47. The first-order valence-corrected chi connectivity index (χ1v) is 9.63. The summed E-state index contributed by atoms with van der Waals surface area (Å²) in [5.74, 6) is 1.31. The maximum atomic E-state index is 10.9. The number of aromatic hydroxyl groups is 2. The Morgan fingerprint density at radius 3 is 2.36 bits per heavy atom. The van der Waals surface area contributed by atoms with E-state index in [4.69, 9.17) is 0 Å². The van der Waals surface area contributed by atoms with Crippen molar-refractivity contribution in [2.75, 3.05) is 6.61 Å². The number of allylic oxidation sites excluding steroid dienone is 1. The molecule has 1 aromatic carbocycles. The summed E-state index contributed by atoms with van der Waals surface area (Å²) in [6.07, 6.45) is 6.50. The summed E-state index contributed by atoms with van der Waals surface area (Å²) in [6, 6.07) is 3.72. The zero-order chi connectivity index (χ0) is 18.2. The number of benzene rings is 1. The molecule has 3 N–H and O–H groups in total. The molecule has 2 fully saturated rings. The smallest absolute Gasteiger partial charge is 0.123 e.